The van der Waals surface area contributed by atoms with E-state index in [4.69, 9.17) is 59.8 Å². The van der Waals surface area contributed by atoms with Crippen LogP contribution in [0.4, 0.5) is 4.79 Å². The third-order valence-corrected chi connectivity index (χ3v) is 16.8. The van der Waals surface area contributed by atoms with Gasteiger partial charge in [-0.05, 0) is 170 Å². The molecule has 842 valence electrons. The smallest absolute Gasteiger partial charge is 0.408 e. The van der Waals surface area contributed by atoms with Gasteiger partial charge in [0.2, 0.25) is 23.6 Å². The highest BCUT2D eigenvalue weighted by molar-refractivity contribution is 5.89. The van der Waals surface area contributed by atoms with Crippen molar-refractivity contribution in [2.24, 2.45) is 23.1 Å². The van der Waals surface area contributed by atoms with Gasteiger partial charge in [0.15, 0.2) is 0 Å². The Hall–Kier alpha value is -14.7. The van der Waals surface area contributed by atoms with Crippen molar-refractivity contribution in [1.29, 1.82) is 0 Å². The van der Waals surface area contributed by atoms with Gasteiger partial charge in [-0.3, -0.25) is 47.9 Å². The van der Waals surface area contributed by atoms with Crippen molar-refractivity contribution in [3.63, 3.8) is 0 Å². The van der Waals surface area contributed by atoms with Crippen LogP contribution in [0, 0.1) is 107 Å². The molecule has 0 saturated carbocycles. The molecule has 0 radical (unpaired) electrons. The molecule has 0 aliphatic carbocycles. The quantitative estimate of drug-likeness (QED) is 0.0142. The van der Waals surface area contributed by atoms with Gasteiger partial charge in [-0.2, -0.15) is 0 Å². The Bertz CT molecular complexity index is 3800. The highest BCUT2D eigenvalue weighted by atomic mass is 17.0. The topological polar surface area (TPSA) is 950 Å². The first-order chi connectivity index (χ1) is 68.8. The molecule has 0 spiro atoms. The van der Waals surface area contributed by atoms with Crippen LogP contribution in [0.5, 0.6) is 0 Å². The van der Waals surface area contributed by atoms with Crippen LogP contribution in [-0.2, 0) is 144 Å². The molecule has 146 heavy (non-hydrogen) atoms. The zero-order valence-electron chi connectivity index (χ0n) is 82.2. The van der Waals surface area contributed by atoms with Gasteiger partial charge >= 0.3 is 47.9 Å². The van der Waals surface area contributed by atoms with Crippen LogP contribution < -0.4 is 43.8 Å². The Morgan fingerprint density at radius 3 is 0.877 bits per heavy atom. The largest absolute Gasteiger partial charge is 0.466 e. The van der Waals surface area contributed by atoms with Crippen molar-refractivity contribution in [3.05, 3.63) is 101 Å². The zero-order valence-corrected chi connectivity index (χ0v) is 82.2. The number of carbonyl (C=O) groups excluding carboxylic acids is 12. The number of nitrogens with one attached hydrogen (secondary N) is 5. The number of carbonyl (C=O) groups is 12. The van der Waals surface area contributed by atoms with Gasteiger partial charge < -0.3 is 135 Å². The first kappa shape index (κ1) is 140. The molecule has 69 nitrogen and oxygen atoms in total. The van der Waals surface area contributed by atoms with Crippen LogP contribution in [0.15, 0.2) is 0 Å². The Morgan fingerprint density at radius 1 is 0.260 bits per heavy atom. The van der Waals surface area contributed by atoms with Gasteiger partial charge in [-0.25, -0.2) is 9.59 Å². The number of hydrogen-bond donors (Lipinski definition) is 8. The number of esters is 7. The van der Waals surface area contributed by atoms with Gasteiger partial charge in [0.05, 0.1) is 156 Å². The molecular weight excluding hydrogens is 1990 g/mol. The van der Waals surface area contributed by atoms with Crippen LogP contribution in [0.2, 0.25) is 0 Å². The molecule has 0 aromatic heterocycles. The van der Waals surface area contributed by atoms with Crippen molar-refractivity contribution in [2.45, 2.75) is 270 Å². The van der Waals surface area contributed by atoms with Crippen molar-refractivity contribution >= 4 is 71.5 Å². The maximum absolute atomic E-state index is 12.3. The minimum absolute atomic E-state index is 0.00978. The first-order valence-corrected chi connectivity index (χ1v) is 45.6. The van der Waals surface area contributed by atoms with Gasteiger partial charge in [-0.15, -0.1) is 101 Å². The standard InChI is InChI=1S/C18H31N3O12.C18H30N2O12.C16H31N5O8.C13H23N3O11.C12H23N5O8/c1-18(2,3)33-17(24)19-14(16(23)30-11-5-7-13-32-21(27)28)8-9-15(22)29-10-4-6-12-31-20(25)26;1-18(2,3)32-16(22)13-14(17(23)29-9-5-7-11-31-20(26)27)12-15(21)28-8-4-6-10-30-19(24)25;17-14(16(23)19-10-6-2-4-8-12-29-21(26)27)13-15(22)18-9-5-1-3-7-11-28-20(24)25;14-11(13(18)25-8-6-23-7-9-27-16(21)22)10-12(17)24-4-2-1-3-5-26-15(19)20;13-10(12(19)15-6-2-4-8-25-17(22)23)9-11(18)14-5-1-3-7-24-16(20)21/h14H,4-13H2,1-3H3,(H,19,24);14H,4-13H2,1-3H3;14H,1-13,17H2,(H,18,22)(H,19,23);11H,1-10,14H2;10H,1-9,13H2,(H,14,18)(H,15,19). The van der Waals surface area contributed by atoms with Crippen LogP contribution in [0.1, 0.15) is 234 Å². The van der Waals surface area contributed by atoms with E-state index < -0.39 is 171 Å². The lowest BCUT2D eigenvalue weighted by molar-refractivity contribution is -0.758. The van der Waals surface area contributed by atoms with Gasteiger partial charge in [-0.1, -0.05) is 25.7 Å². The third kappa shape index (κ3) is 108. The summed E-state index contributed by atoms with van der Waals surface area (Å²) in [7, 11) is 0. The molecular formula is C77H138N18O51. The van der Waals surface area contributed by atoms with Crippen molar-refractivity contribution in [2.75, 3.05) is 145 Å². The average Bonchev–Trinajstić information content (AvgIpc) is 0.891. The summed E-state index contributed by atoms with van der Waals surface area (Å²) in [5, 5.41) is 104. The van der Waals surface area contributed by atoms with E-state index in [0.29, 0.717) is 110 Å². The summed E-state index contributed by atoms with van der Waals surface area (Å²) in [6, 6.07) is -4.31. The number of nitrogens with zero attached hydrogens (tertiary/aromatic N) is 10. The molecule has 5 atom stereocenters. The summed E-state index contributed by atoms with van der Waals surface area (Å²) in [5.74, 6) is -7.91. The molecule has 0 aliphatic rings. The van der Waals surface area contributed by atoms with E-state index >= 15 is 0 Å². The normalized spacial score (nSPS) is 11.5. The molecule has 0 rings (SSSR count). The predicted octanol–water partition coefficient (Wildman–Crippen LogP) is 2.29. The molecule has 0 aromatic rings. The van der Waals surface area contributed by atoms with Gasteiger partial charge in [0.25, 0.3) is 50.9 Å². The van der Waals surface area contributed by atoms with Crippen molar-refractivity contribution in [1.82, 2.24) is 26.6 Å². The Kier molecular flexibility index (Phi) is 87.5. The van der Waals surface area contributed by atoms with E-state index in [-0.39, 0.29) is 189 Å². The average molecular weight is 2130 g/mol. The van der Waals surface area contributed by atoms with E-state index in [1.807, 2.05) is 0 Å². The summed E-state index contributed by atoms with van der Waals surface area (Å²) in [6.45, 7) is 10.3. The third-order valence-electron chi connectivity index (χ3n) is 16.8. The molecule has 0 fully saturated rings. The van der Waals surface area contributed by atoms with E-state index in [2.05, 4.69) is 75.0 Å². The predicted molar refractivity (Wildman–Crippen MR) is 483 cm³/mol. The molecule has 0 aromatic carbocycles. The number of amides is 5. The summed E-state index contributed by atoms with van der Waals surface area (Å²) in [4.78, 5) is 284. The fourth-order valence-corrected chi connectivity index (χ4v) is 10.1. The Balaban J connectivity index is -0.000000569. The lowest BCUT2D eigenvalue weighted by atomic mass is 10.0. The number of hydrogen-bond acceptors (Lipinski definition) is 54. The molecule has 0 aliphatic heterocycles. The number of nitrogens with two attached hydrogens (primary N) is 3. The van der Waals surface area contributed by atoms with Gasteiger partial charge in [0.1, 0.15) is 36.5 Å². The summed E-state index contributed by atoms with van der Waals surface area (Å²) < 4.78 is 45.0. The maximum Gasteiger partial charge on any atom is 0.408 e. The second-order valence-corrected chi connectivity index (χ2v) is 31.6. The maximum atomic E-state index is 12.3. The monoisotopic (exact) mass is 2130 g/mol. The van der Waals surface area contributed by atoms with E-state index in [0.717, 1.165) is 32.1 Å². The summed E-state index contributed by atoms with van der Waals surface area (Å²) >= 11 is 0. The van der Waals surface area contributed by atoms with Crippen LogP contribution >= 0.6 is 0 Å². The van der Waals surface area contributed by atoms with E-state index in [9.17, 15) is 159 Å². The zero-order chi connectivity index (χ0) is 111. The molecule has 0 saturated heterocycles. The Labute approximate surface area is 833 Å². The minimum atomic E-state index is -1.19. The highest BCUT2D eigenvalue weighted by Gasteiger charge is 2.31. The van der Waals surface area contributed by atoms with Crippen LogP contribution in [-0.4, -0.2) is 303 Å². The SMILES string of the molecule is CC(C)(C)OC(=O)CC(CC(=O)OCCCCO[N+](=O)[O-])C(=O)OCCCCO[N+](=O)[O-].CC(C)(C)OC(=O)NC(CCC(=O)OCCCCO[N+](=O)[O-])C(=O)OCCCCO[N+](=O)[O-].NC(CC(=O)NCCCCCCO[N+](=O)[O-])C(=O)NCCCCCCO[N+](=O)[O-].NC(CC(=O)NCCCCO[N+](=O)[O-])C(=O)NCCCCO[N+](=O)[O-].NC(CC(=O)OCCCCCO[N+](=O)[O-])C(=O)OCCOCCO[N+](=O)[O-]. The molecule has 0 bridgehead atoms. The molecule has 0 heterocycles. The first-order valence-electron chi connectivity index (χ1n) is 45.6. The summed E-state index contributed by atoms with van der Waals surface area (Å²) in [5.41, 5.74) is 15.2. The van der Waals surface area contributed by atoms with E-state index in [1.165, 1.54) is 0 Å². The number of unbranched alkanes of at least 4 members (excludes halogenated alkanes) is 14. The lowest BCUT2D eigenvalue weighted by Crippen LogP contribution is -2.44. The number of rotatable bonds is 85. The molecule has 69 heteroatoms. The van der Waals surface area contributed by atoms with Crippen molar-refractivity contribution < 1.29 is 199 Å². The summed E-state index contributed by atoms with van der Waals surface area (Å²) in [6.07, 6.45) is 8.66. The van der Waals surface area contributed by atoms with Gasteiger partial charge in [0, 0.05) is 32.6 Å². The highest BCUT2D eigenvalue weighted by Crippen LogP contribution is 2.19. The number of ether oxygens (including phenoxy) is 9. The molecule has 5 amide bonds. The Morgan fingerprint density at radius 2 is 0.521 bits per heavy atom. The van der Waals surface area contributed by atoms with Crippen LogP contribution in [0.25, 0.3) is 0 Å². The van der Waals surface area contributed by atoms with E-state index in [1.54, 1.807) is 41.5 Å². The minimum Gasteiger partial charge on any atom is -0.466 e. The molecule has 5 unspecified atom stereocenters. The van der Waals surface area contributed by atoms with Crippen LogP contribution in [0.3, 0.4) is 0 Å². The molecule has 11 N–H and O–H groups in total. The second kappa shape index (κ2) is 91.5. The lowest BCUT2D eigenvalue weighted by Gasteiger charge is -2.23. The fraction of sp³-hybridized carbons (Fsp3) is 0.844. The fourth-order valence-electron chi connectivity index (χ4n) is 10.1. The second-order valence-electron chi connectivity index (χ2n) is 31.6. The number of alkyl carbamates (subject to hydrolysis) is 1. The van der Waals surface area contributed by atoms with Crippen molar-refractivity contribution in [3.8, 4) is 0 Å².